The van der Waals surface area contributed by atoms with E-state index in [1.54, 1.807) is 5.20 Å². The van der Waals surface area contributed by atoms with E-state index in [4.69, 9.17) is 4.98 Å². The summed E-state index contributed by atoms with van der Waals surface area (Å²) in [5, 5.41) is 4.41. The van der Waals surface area contributed by atoms with Crippen LogP contribution in [0.25, 0.3) is 10.9 Å². The van der Waals surface area contributed by atoms with Crippen LogP contribution in [0, 0.1) is 0 Å². The monoisotopic (exact) mass is 389 g/mol. The first-order valence-corrected chi connectivity index (χ1v) is 16.5. The number of aryl methyl sites for hydroxylation is 1. The number of rotatable bonds is 6. The number of para-hydroxylation sites is 1. The van der Waals surface area contributed by atoms with Crippen molar-refractivity contribution in [2.24, 2.45) is 0 Å². The Kier molecular flexibility index (Phi) is 5.82. The van der Waals surface area contributed by atoms with E-state index >= 15 is 0 Å². The smallest absolute Gasteiger partial charge is 0.106 e. The molecule has 0 aliphatic rings. The second kappa shape index (κ2) is 7.95. The van der Waals surface area contributed by atoms with Crippen LogP contribution in [0.3, 0.4) is 0 Å². The van der Waals surface area contributed by atoms with E-state index in [0.717, 1.165) is 6.42 Å². The van der Waals surface area contributed by atoms with E-state index < -0.39 is 16.1 Å². The zero-order valence-corrected chi connectivity index (χ0v) is 19.3. The molecular formula is C24H31NSi2. The average Bonchev–Trinajstić information content (AvgIpc) is 2.64. The normalized spacial score (nSPS) is 13.1. The van der Waals surface area contributed by atoms with Crippen LogP contribution in [0.15, 0.2) is 77.8 Å². The van der Waals surface area contributed by atoms with Crippen LogP contribution in [0.4, 0.5) is 0 Å². The van der Waals surface area contributed by atoms with Gasteiger partial charge in [-0.25, -0.2) is 0 Å². The minimum absolute atomic E-state index is 1.13. The number of allylic oxidation sites excluding steroid dienone is 1. The van der Waals surface area contributed by atoms with Gasteiger partial charge in [0.25, 0.3) is 0 Å². The lowest BCUT2D eigenvalue weighted by Crippen LogP contribution is -2.42. The third-order valence-corrected chi connectivity index (χ3v) is 10.8. The zero-order chi connectivity index (χ0) is 19.5. The van der Waals surface area contributed by atoms with Crippen molar-refractivity contribution in [2.75, 3.05) is 0 Å². The number of hydrogen-bond acceptors (Lipinski definition) is 1. The van der Waals surface area contributed by atoms with Crippen molar-refractivity contribution in [3.63, 3.8) is 0 Å². The van der Waals surface area contributed by atoms with Crippen LogP contribution >= 0.6 is 0 Å². The van der Waals surface area contributed by atoms with Crippen LogP contribution in [-0.2, 0) is 6.42 Å². The van der Waals surface area contributed by atoms with Gasteiger partial charge in [0.1, 0.15) is 8.07 Å². The Morgan fingerprint density at radius 3 is 2.26 bits per heavy atom. The summed E-state index contributed by atoms with van der Waals surface area (Å²) in [6.45, 7) is 12.4. The fourth-order valence-corrected chi connectivity index (χ4v) is 9.93. The molecule has 0 atom stereocenters. The quantitative estimate of drug-likeness (QED) is 0.462. The molecule has 0 saturated carbocycles. The van der Waals surface area contributed by atoms with Crippen LogP contribution < -0.4 is 5.19 Å². The summed E-state index contributed by atoms with van der Waals surface area (Å²) in [7, 11) is -3.12. The van der Waals surface area contributed by atoms with Crippen molar-refractivity contribution in [3.05, 3.63) is 83.3 Å². The number of pyridine rings is 1. The molecule has 140 valence electrons. The highest BCUT2D eigenvalue weighted by Gasteiger charge is 2.28. The number of benzene rings is 2. The van der Waals surface area contributed by atoms with E-state index in [0.29, 0.717) is 0 Å². The Balaban J connectivity index is 1.97. The molecule has 0 bridgehead atoms. The van der Waals surface area contributed by atoms with Crippen molar-refractivity contribution in [3.8, 4) is 0 Å². The molecule has 0 aliphatic carbocycles. The molecule has 3 heteroatoms. The molecule has 2 aromatic carbocycles. The standard InChI is InChI=1S/C24H31NSi2/c1-26(2,3)22(17-16-20-11-7-6-8-12-20)19-27(4,5)23-15-9-13-21-14-10-18-25-24(21)23/h6-15,18-19H,16-17H2,1-5H3/b22-19-. The van der Waals surface area contributed by atoms with E-state index in [1.807, 2.05) is 12.3 Å². The minimum atomic E-state index is -1.74. The van der Waals surface area contributed by atoms with Gasteiger partial charge >= 0.3 is 0 Å². The van der Waals surface area contributed by atoms with Crippen LogP contribution in [0.1, 0.15) is 12.0 Å². The highest BCUT2D eigenvalue weighted by atomic mass is 28.3. The highest BCUT2D eigenvalue weighted by molar-refractivity contribution is 6.97. The largest absolute Gasteiger partial charge is 0.256 e. The molecule has 0 saturated heterocycles. The van der Waals surface area contributed by atoms with Gasteiger partial charge in [0.15, 0.2) is 0 Å². The predicted octanol–water partition coefficient (Wildman–Crippen LogP) is 6.13. The fourth-order valence-electron chi connectivity index (χ4n) is 3.72. The number of nitrogens with zero attached hydrogens (tertiary/aromatic N) is 1. The van der Waals surface area contributed by atoms with Crippen molar-refractivity contribution in [2.45, 2.75) is 45.6 Å². The van der Waals surface area contributed by atoms with Crippen molar-refractivity contribution < 1.29 is 0 Å². The van der Waals surface area contributed by atoms with E-state index in [9.17, 15) is 0 Å². The second-order valence-corrected chi connectivity index (χ2v) is 18.4. The van der Waals surface area contributed by atoms with Gasteiger partial charge in [0.2, 0.25) is 0 Å². The van der Waals surface area contributed by atoms with Crippen LogP contribution in [0.2, 0.25) is 32.7 Å². The number of hydrogen-bond donors (Lipinski definition) is 0. The first-order valence-electron chi connectivity index (χ1n) is 9.88. The molecule has 0 fully saturated rings. The summed E-state index contributed by atoms with van der Waals surface area (Å²) in [5.74, 6) is 0. The van der Waals surface area contributed by atoms with Gasteiger partial charge in [-0.3, -0.25) is 4.98 Å². The maximum absolute atomic E-state index is 4.73. The maximum Gasteiger partial charge on any atom is 0.106 e. The SMILES string of the molecule is C[Si](C)(C)/C(=C\[Si](C)(C)c1cccc2cccnc12)CCc1ccccc1. The Morgan fingerprint density at radius 1 is 0.852 bits per heavy atom. The van der Waals surface area contributed by atoms with Crippen LogP contribution in [-0.4, -0.2) is 21.1 Å². The molecule has 1 aromatic heterocycles. The maximum atomic E-state index is 4.73. The van der Waals surface area contributed by atoms with E-state index in [-0.39, 0.29) is 0 Å². The fraction of sp³-hybridized carbons (Fsp3) is 0.292. The topological polar surface area (TPSA) is 12.9 Å². The molecular weight excluding hydrogens is 358 g/mol. The summed E-state index contributed by atoms with van der Waals surface area (Å²) in [5.41, 5.74) is 5.31. The van der Waals surface area contributed by atoms with Crippen molar-refractivity contribution >= 4 is 32.2 Å². The average molecular weight is 390 g/mol. The van der Waals surface area contributed by atoms with Gasteiger partial charge in [0.05, 0.1) is 13.6 Å². The molecule has 27 heavy (non-hydrogen) atoms. The molecule has 3 rings (SSSR count). The lowest BCUT2D eigenvalue weighted by atomic mass is 10.1. The summed E-state index contributed by atoms with van der Waals surface area (Å²) in [6.07, 6.45) is 4.23. The second-order valence-electron chi connectivity index (χ2n) is 9.01. The third-order valence-electron chi connectivity index (χ3n) is 5.35. The zero-order valence-electron chi connectivity index (χ0n) is 17.3. The first-order chi connectivity index (χ1) is 12.8. The summed E-state index contributed by atoms with van der Waals surface area (Å²) >= 11 is 0. The van der Waals surface area contributed by atoms with E-state index in [1.165, 1.54) is 28.1 Å². The molecule has 3 aromatic rings. The molecule has 0 spiro atoms. The molecule has 0 radical (unpaired) electrons. The molecule has 0 unspecified atom stereocenters. The third kappa shape index (κ3) is 4.85. The molecule has 0 aliphatic heterocycles. The van der Waals surface area contributed by atoms with Gasteiger partial charge in [-0.05, 0) is 29.7 Å². The molecule has 0 amide bonds. The van der Waals surface area contributed by atoms with Gasteiger partial charge in [-0.1, -0.05) is 98.2 Å². The van der Waals surface area contributed by atoms with Gasteiger partial charge in [-0.15, -0.1) is 0 Å². The Labute approximate surface area is 166 Å². The lowest BCUT2D eigenvalue weighted by Gasteiger charge is -2.28. The van der Waals surface area contributed by atoms with Gasteiger partial charge in [0, 0.05) is 11.6 Å². The van der Waals surface area contributed by atoms with E-state index in [2.05, 4.69) is 93.0 Å². The molecule has 1 nitrogen and oxygen atoms in total. The lowest BCUT2D eigenvalue weighted by molar-refractivity contribution is 0.976. The highest BCUT2D eigenvalue weighted by Crippen LogP contribution is 2.24. The first kappa shape index (κ1) is 19.8. The Bertz CT molecular complexity index is 932. The predicted molar refractivity (Wildman–Crippen MR) is 125 cm³/mol. The molecule has 1 heterocycles. The van der Waals surface area contributed by atoms with Gasteiger partial charge in [-0.2, -0.15) is 0 Å². The van der Waals surface area contributed by atoms with Crippen molar-refractivity contribution in [1.29, 1.82) is 0 Å². The summed E-state index contributed by atoms with van der Waals surface area (Å²) < 4.78 is 0. The van der Waals surface area contributed by atoms with Gasteiger partial charge < -0.3 is 0 Å². The Hall–Kier alpha value is -1.98. The van der Waals surface area contributed by atoms with Crippen LogP contribution in [0.5, 0.6) is 0 Å². The summed E-state index contributed by atoms with van der Waals surface area (Å²) in [4.78, 5) is 4.73. The Morgan fingerprint density at radius 2 is 1.56 bits per heavy atom. The summed E-state index contributed by atoms with van der Waals surface area (Å²) in [6, 6.07) is 21.8. The number of fused-ring (bicyclic) bond motifs is 1. The molecule has 0 N–H and O–H groups in total. The number of aromatic nitrogens is 1. The minimum Gasteiger partial charge on any atom is -0.256 e. The van der Waals surface area contributed by atoms with Crippen molar-refractivity contribution in [1.82, 2.24) is 4.98 Å².